The van der Waals surface area contributed by atoms with Crippen molar-refractivity contribution in [2.45, 2.75) is 45.6 Å². The zero-order chi connectivity index (χ0) is 12.6. The van der Waals surface area contributed by atoms with Crippen molar-refractivity contribution < 1.29 is 4.74 Å². The molecule has 0 saturated heterocycles. The van der Waals surface area contributed by atoms with Crippen LogP contribution in [0, 0.1) is 6.92 Å². The smallest absolute Gasteiger partial charge is 0.141 e. The lowest BCUT2D eigenvalue weighted by molar-refractivity contribution is 0.287. The molecule has 2 rings (SSSR count). The van der Waals surface area contributed by atoms with E-state index in [4.69, 9.17) is 22.1 Å². The standard InChI is InChI=1S/C14H20ClNO/c1-9-10(8-14(2,3)16)7-12(15)13-11(9)5-4-6-17-13/h7H,4-6,8,16H2,1-3H3. The lowest BCUT2D eigenvalue weighted by atomic mass is 9.89. The molecule has 1 aliphatic heterocycles. The molecule has 0 spiro atoms. The average molecular weight is 254 g/mol. The van der Waals surface area contributed by atoms with Gasteiger partial charge in [0.2, 0.25) is 0 Å². The molecule has 0 amide bonds. The normalized spacial score (nSPS) is 15.4. The molecule has 0 radical (unpaired) electrons. The minimum atomic E-state index is -0.210. The molecule has 0 aliphatic carbocycles. The fourth-order valence-electron chi connectivity index (χ4n) is 2.39. The minimum absolute atomic E-state index is 0.210. The SMILES string of the molecule is Cc1c(CC(C)(C)N)cc(Cl)c2c1CCCO2. The zero-order valence-electron chi connectivity index (χ0n) is 10.8. The summed E-state index contributed by atoms with van der Waals surface area (Å²) in [6.07, 6.45) is 2.96. The third-order valence-electron chi connectivity index (χ3n) is 3.19. The highest BCUT2D eigenvalue weighted by atomic mass is 35.5. The molecule has 94 valence electrons. The molecule has 1 aromatic rings. The Labute approximate surface area is 108 Å². The maximum absolute atomic E-state index is 6.28. The van der Waals surface area contributed by atoms with Crippen LogP contribution in [0.1, 0.15) is 37.0 Å². The van der Waals surface area contributed by atoms with Gasteiger partial charge in [0.05, 0.1) is 11.6 Å². The molecule has 1 aromatic carbocycles. The van der Waals surface area contributed by atoms with Crippen LogP contribution in [0.3, 0.4) is 0 Å². The van der Waals surface area contributed by atoms with Crippen LogP contribution in [0.4, 0.5) is 0 Å². The molecule has 0 saturated carbocycles. The van der Waals surface area contributed by atoms with Gasteiger partial charge >= 0.3 is 0 Å². The zero-order valence-corrected chi connectivity index (χ0v) is 11.5. The third kappa shape index (κ3) is 2.75. The van der Waals surface area contributed by atoms with Crippen LogP contribution >= 0.6 is 11.6 Å². The highest BCUT2D eigenvalue weighted by Crippen LogP contribution is 2.37. The van der Waals surface area contributed by atoms with Gasteiger partial charge in [0.25, 0.3) is 0 Å². The van der Waals surface area contributed by atoms with Crippen LogP contribution in [0.2, 0.25) is 5.02 Å². The summed E-state index contributed by atoms with van der Waals surface area (Å²) in [5.41, 5.74) is 9.68. The van der Waals surface area contributed by atoms with E-state index in [9.17, 15) is 0 Å². The topological polar surface area (TPSA) is 35.2 Å². The Kier molecular flexibility index (Phi) is 3.37. The largest absolute Gasteiger partial charge is 0.492 e. The molecule has 0 unspecified atom stereocenters. The molecule has 1 aliphatic rings. The van der Waals surface area contributed by atoms with E-state index in [1.165, 1.54) is 16.7 Å². The summed E-state index contributed by atoms with van der Waals surface area (Å²) < 4.78 is 5.66. The second kappa shape index (κ2) is 4.51. The Morgan fingerprint density at radius 1 is 1.47 bits per heavy atom. The monoisotopic (exact) mass is 253 g/mol. The van der Waals surface area contributed by atoms with E-state index in [0.717, 1.165) is 36.6 Å². The third-order valence-corrected chi connectivity index (χ3v) is 3.47. The fourth-order valence-corrected chi connectivity index (χ4v) is 2.69. The molecule has 0 fully saturated rings. The predicted molar refractivity (Wildman–Crippen MR) is 72.0 cm³/mol. The van der Waals surface area contributed by atoms with Crippen molar-refractivity contribution in [3.05, 3.63) is 27.8 Å². The maximum Gasteiger partial charge on any atom is 0.141 e. The number of fused-ring (bicyclic) bond motifs is 1. The van der Waals surface area contributed by atoms with Crippen LogP contribution in [0.25, 0.3) is 0 Å². The van der Waals surface area contributed by atoms with E-state index in [2.05, 4.69) is 6.92 Å². The number of halogens is 1. The number of ether oxygens (including phenoxy) is 1. The van der Waals surface area contributed by atoms with E-state index in [1.807, 2.05) is 19.9 Å². The average Bonchev–Trinajstić information content (AvgIpc) is 2.24. The molecule has 0 bridgehead atoms. The van der Waals surface area contributed by atoms with Gasteiger partial charge in [-0.05, 0) is 62.8 Å². The Hall–Kier alpha value is -0.730. The predicted octanol–water partition coefficient (Wildman–Crippen LogP) is 3.25. The Bertz CT molecular complexity index is 435. The Morgan fingerprint density at radius 2 is 2.18 bits per heavy atom. The van der Waals surface area contributed by atoms with Gasteiger partial charge in [-0.3, -0.25) is 0 Å². The van der Waals surface area contributed by atoms with E-state index in [0.29, 0.717) is 0 Å². The molecule has 0 aromatic heterocycles. The highest BCUT2D eigenvalue weighted by Gasteiger charge is 2.21. The van der Waals surface area contributed by atoms with Gasteiger partial charge in [-0.2, -0.15) is 0 Å². The number of benzene rings is 1. The molecule has 2 N–H and O–H groups in total. The van der Waals surface area contributed by atoms with Crippen LogP contribution in [-0.2, 0) is 12.8 Å². The van der Waals surface area contributed by atoms with Crippen molar-refractivity contribution in [2.24, 2.45) is 5.73 Å². The quantitative estimate of drug-likeness (QED) is 0.878. The Balaban J connectivity index is 2.45. The first-order valence-electron chi connectivity index (χ1n) is 6.11. The summed E-state index contributed by atoms with van der Waals surface area (Å²) in [5, 5.41) is 0.726. The first-order chi connectivity index (χ1) is 7.88. The van der Waals surface area contributed by atoms with E-state index < -0.39 is 0 Å². The van der Waals surface area contributed by atoms with E-state index in [1.54, 1.807) is 0 Å². The number of rotatable bonds is 2. The van der Waals surface area contributed by atoms with Crippen molar-refractivity contribution in [1.82, 2.24) is 0 Å². The van der Waals surface area contributed by atoms with E-state index in [-0.39, 0.29) is 5.54 Å². The van der Waals surface area contributed by atoms with Gasteiger partial charge in [-0.25, -0.2) is 0 Å². The minimum Gasteiger partial charge on any atom is -0.492 e. The second-order valence-corrected chi connectivity index (χ2v) is 5.97. The summed E-state index contributed by atoms with van der Waals surface area (Å²) in [7, 11) is 0. The van der Waals surface area contributed by atoms with Crippen molar-refractivity contribution in [3.8, 4) is 5.75 Å². The Morgan fingerprint density at radius 3 is 2.82 bits per heavy atom. The molecule has 3 heteroatoms. The molecule has 2 nitrogen and oxygen atoms in total. The highest BCUT2D eigenvalue weighted by molar-refractivity contribution is 6.32. The van der Waals surface area contributed by atoms with Crippen LogP contribution in [0.15, 0.2) is 6.07 Å². The number of hydrogen-bond donors (Lipinski definition) is 1. The summed E-state index contributed by atoms with van der Waals surface area (Å²) in [4.78, 5) is 0. The second-order valence-electron chi connectivity index (χ2n) is 5.57. The lowest BCUT2D eigenvalue weighted by Crippen LogP contribution is -2.34. The van der Waals surface area contributed by atoms with E-state index >= 15 is 0 Å². The van der Waals surface area contributed by atoms with Gasteiger partial charge in [-0.1, -0.05) is 11.6 Å². The number of nitrogens with two attached hydrogens (primary N) is 1. The van der Waals surface area contributed by atoms with Gasteiger partial charge in [-0.15, -0.1) is 0 Å². The van der Waals surface area contributed by atoms with Gasteiger partial charge in [0.1, 0.15) is 5.75 Å². The maximum atomic E-state index is 6.28. The van der Waals surface area contributed by atoms with Crippen molar-refractivity contribution >= 4 is 11.6 Å². The van der Waals surface area contributed by atoms with Gasteiger partial charge in [0, 0.05) is 5.54 Å². The number of hydrogen-bond acceptors (Lipinski definition) is 2. The molecular weight excluding hydrogens is 234 g/mol. The summed E-state index contributed by atoms with van der Waals surface area (Å²) in [6, 6.07) is 2.01. The molecule has 0 atom stereocenters. The van der Waals surface area contributed by atoms with Crippen molar-refractivity contribution in [2.75, 3.05) is 6.61 Å². The van der Waals surface area contributed by atoms with Gasteiger partial charge < -0.3 is 10.5 Å². The molecular formula is C14H20ClNO. The molecule has 17 heavy (non-hydrogen) atoms. The van der Waals surface area contributed by atoms with Gasteiger partial charge in [0.15, 0.2) is 0 Å². The van der Waals surface area contributed by atoms with Crippen LogP contribution < -0.4 is 10.5 Å². The first-order valence-corrected chi connectivity index (χ1v) is 6.49. The fraction of sp³-hybridized carbons (Fsp3) is 0.571. The summed E-state index contributed by atoms with van der Waals surface area (Å²) in [6.45, 7) is 6.99. The van der Waals surface area contributed by atoms with Crippen molar-refractivity contribution in [3.63, 3.8) is 0 Å². The summed E-state index contributed by atoms with van der Waals surface area (Å²) in [5.74, 6) is 0.883. The lowest BCUT2D eigenvalue weighted by Gasteiger charge is -2.25. The molecule has 1 heterocycles. The summed E-state index contributed by atoms with van der Waals surface area (Å²) >= 11 is 6.28. The van der Waals surface area contributed by atoms with Crippen LogP contribution in [-0.4, -0.2) is 12.1 Å². The van der Waals surface area contributed by atoms with Crippen molar-refractivity contribution in [1.29, 1.82) is 0 Å². The first kappa shape index (κ1) is 12.7. The van der Waals surface area contributed by atoms with Crippen LogP contribution in [0.5, 0.6) is 5.75 Å².